The summed E-state index contributed by atoms with van der Waals surface area (Å²) in [6, 6.07) is -0.405. The van der Waals surface area contributed by atoms with Gasteiger partial charge in [-0.15, -0.1) is 11.8 Å². The number of thioether (sulfide) groups is 1. The van der Waals surface area contributed by atoms with Gasteiger partial charge < -0.3 is 31.1 Å². The molecule has 1 unspecified atom stereocenters. The zero-order valence-electron chi connectivity index (χ0n) is 15.8. The van der Waals surface area contributed by atoms with E-state index in [2.05, 4.69) is 16.0 Å². The van der Waals surface area contributed by atoms with Crippen LogP contribution in [0.4, 0.5) is 0 Å². The van der Waals surface area contributed by atoms with Crippen molar-refractivity contribution >= 4 is 29.5 Å². The van der Waals surface area contributed by atoms with Crippen molar-refractivity contribution in [3.8, 4) is 0 Å². The van der Waals surface area contributed by atoms with E-state index in [1.165, 1.54) is 16.7 Å². The van der Waals surface area contributed by atoms with Gasteiger partial charge in [-0.3, -0.25) is 9.59 Å². The molecule has 4 aliphatic heterocycles. The molecule has 3 fully saturated rings. The summed E-state index contributed by atoms with van der Waals surface area (Å²) in [6.45, 7) is 5.67. The highest BCUT2D eigenvalue weighted by atomic mass is 32.2. The third-order valence-corrected chi connectivity index (χ3v) is 7.65. The monoisotopic (exact) mass is 410 g/mol. The fourth-order valence-electron chi connectivity index (χ4n) is 4.54. The number of amides is 2. The normalized spacial score (nSPS) is 36.0. The lowest BCUT2D eigenvalue weighted by Crippen LogP contribution is -2.63. The summed E-state index contributed by atoms with van der Waals surface area (Å²) in [4.78, 5) is 38.6. The lowest BCUT2D eigenvalue weighted by Gasteiger charge is -2.46. The van der Waals surface area contributed by atoms with E-state index in [1.54, 1.807) is 6.92 Å². The van der Waals surface area contributed by atoms with Crippen LogP contribution in [0.25, 0.3) is 0 Å². The summed E-state index contributed by atoms with van der Waals surface area (Å²) < 4.78 is 0. The molecule has 0 bridgehead atoms. The topological polar surface area (TPSA) is 131 Å². The van der Waals surface area contributed by atoms with Crippen LogP contribution in [-0.4, -0.2) is 82.0 Å². The minimum absolute atomic E-state index is 0.0188. The molecule has 154 valence electrons. The summed E-state index contributed by atoms with van der Waals surface area (Å²) >= 11 is 1.45. The number of hydrogen-bond acceptors (Lipinski definition) is 7. The van der Waals surface area contributed by atoms with E-state index in [9.17, 15) is 24.6 Å². The Morgan fingerprint density at radius 1 is 1.32 bits per heavy atom. The largest absolute Gasteiger partial charge is 0.477 e. The summed E-state index contributed by atoms with van der Waals surface area (Å²) in [5.41, 5.74) is 0.0397. The molecule has 9 nitrogen and oxygen atoms in total. The number of fused-ring (bicyclic) bond motifs is 1. The van der Waals surface area contributed by atoms with Crippen LogP contribution in [0.15, 0.2) is 10.6 Å². The molecule has 0 aromatic rings. The third-order valence-electron chi connectivity index (χ3n) is 6.14. The van der Waals surface area contributed by atoms with E-state index in [1.807, 2.05) is 6.92 Å². The summed E-state index contributed by atoms with van der Waals surface area (Å²) in [5.74, 6) is -2.17. The van der Waals surface area contributed by atoms with Crippen LogP contribution in [0.5, 0.6) is 0 Å². The van der Waals surface area contributed by atoms with Crippen LogP contribution in [0.1, 0.15) is 20.3 Å². The number of nitrogens with zero attached hydrogens (tertiary/aromatic N) is 1. The number of carboxylic acid groups (broad SMARTS) is 1. The van der Waals surface area contributed by atoms with E-state index >= 15 is 0 Å². The molecule has 2 amide bonds. The Bertz CT molecular complexity index is 737. The molecule has 0 radical (unpaired) electrons. The van der Waals surface area contributed by atoms with Crippen molar-refractivity contribution in [2.24, 2.45) is 11.8 Å². The SMILES string of the molecule is CC(O)[C@H]1C(=O)N2C(C(=O)O)=C(S[C@@H]3CN[C@H](C(=O)NC4CNC4)C3)[C@H](C)[C@H]12. The first kappa shape index (κ1) is 19.7. The van der Waals surface area contributed by atoms with Gasteiger partial charge in [-0.05, 0) is 13.3 Å². The Morgan fingerprint density at radius 3 is 2.61 bits per heavy atom. The van der Waals surface area contributed by atoms with Gasteiger partial charge in [0.25, 0.3) is 0 Å². The average Bonchev–Trinajstić information content (AvgIpc) is 3.14. The maximum absolute atomic E-state index is 12.4. The first-order valence-corrected chi connectivity index (χ1v) is 10.6. The standard InChI is InChI=1S/C18H26N4O5S/c1-7-13-12(8(2)23)17(25)22(13)14(18(26)27)15(7)28-10-3-11(20-6-10)16(24)21-9-4-19-5-9/h7-13,19-20,23H,3-6H2,1-2H3,(H,21,24)(H,26,27)/t7-,8?,10+,11+,12-,13-/m1/s1. The number of carboxylic acids is 1. The molecule has 28 heavy (non-hydrogen) atoms. The summed E-state index contributed by atoms with van der Waals surface area (Å²) in [7, 11) is 0. The molecule has 3 saturated heterocycles. The minimum atomic E-state index is -1.12. The number of hydrogen-bond donors (Lipinski definition) is 5. The first-order valence-electron chi connectivity index (χ1n) is 9.69. The van der Waals surface area contributed by atoms with Gasteiger partial charge in [-0.2, -0.15) is 0 Å². The van der Waals surface area contributed by atoms with Gasteiger partial charge in [0, 0.05) is 35.7 Å². The zero-order chi connectivity index (χ0) is 20.2. The molecule has 0 saturated carbocycles. The highest BCUT2D eigenvalue weighted by molar-refractivity contribution is 8.03. The molecule has 4 rings (SSSR count). The van der Waals surface area contributed by atoms with Crippen molar-refractivity contribution in [2.45, 2.75) is 49.7 Å². The number of β-lactam (4-membered cyclic amide) rings is 1. The second-order valence-corrected chi connectivity index (χ2v) is 9.41. The highest BCUT2D eigenvalue weighted by Crippen LogP contribution is 2.51. The molecule has 0 aromatic heterocycles. The number of aliphatic carboxylic acids is 1. The maximum Gasteiger partial charge on any atom is 0.353 e. The van der Waals surface area contributed by atoms with Crippen LogP contribution < -0.4 is 16.0 Å². The van der Waals surface area contributed by atoms with E-state index in [4.69, 9.17) is 0 Å². The van der Waals surface area contributed by atoms with Gasteiger partial charge in [-0.25, -0.2) is 4.79 Å². The zero-order valence-corrected chi connectivity index (χ0v) is 16.7. The van der Waals surface area contributed by atoms with Crippen molar-refractivity contribution in [1.82, 2.24) is 20.9 Å². The second-order valence-electron chi connectivity index (χ2n) is 8.07. The second kappa shape index (κ2) is 7.33. The predicted molar refractivity (Wildman–Crippen MR) is 102 cm³/mol. The molecule has 10 heteroatoms. The number of nitrogens with one attached hydrogen (secondary N) is 3. The Kier molecular flexibility index (Phi) is 5.15. The van der Waals surface area contributed by atoms with Crippen molar-refractivity contribution in [3.63, 3.8) is 0 Å². The Balaban J connectivity index is 1.44. The Morgan fingerprint density at radius 2 is 2.04 bits per heavy atom. The van der Waals surface area contributed by atoms with Crippen molar-refractivity contribution in [1.29, 1.82) is 0 Å². The van der Waals surface area contributed by atoms with Crippen molar-refractivity contribution in [2.75, 3.05) is 19.6 Å². The number of carbonyl (C=O) groups excluding carboxylic acids is 2. The quantitative estimate of drug-likeness (QED) is 0.341. The predicted octanol–water partition coefficient (Wildman–Crippen LogP) is -1.31. The maximum atomic E-state index is 12.4. The summed E-state index contributed by atoms with van der Waals surface area (Å²) in [5, 5.41) is 29.0. The van der Waals surface area contributed by atoms with Gasteiger partial charge in [0.15, 0.2) is 0 Å². The van der Waals surface area contributed by atoms with Crippen LogP contribution >= 0.6 is 11.8 Å². The molecule has 4 heterocycles. The average molecular weight is 410 g/mol. The third kappa shape index (κ3) is 3.12. The molecule has 6 atom stereocenters. The van der Waals surface area contributed by atoms with E-state index in [0.29, 0.717) is 17.9 Å². The van der Waals surface area contributed by atoms with Gasteiger partial charge in [0.2, 0.25) is 11.8 Å². The van der Waals surface area contributed by atoms with Crippen LogP contribution in [0.2, 0.25) is 0 Å². The molecule has 5 N–H and O–H groups in total. The van der Waals surface area contributed by atoms with Crippen LogP contribution in [-0.2, 0) is 14.4 Å². The Labute approximate surface area is 167 Å². The van der Waals surface area contributed by atoms with Crippen LogP contribution in [0, 0.1) is 11.8 Å². The van der Waals surface area contributed by atoms with E-state index < -0.39 is 18.0 Å². The Hall–Kier alpha value is -1.62. The fourth-order valence-corrected chi connectivity index (χ4v) is 6.02. The minimum Gasteiger partial charge on any atom is -0.477 e. The van der Waals surface area contributed by atoms with E-state index in [0.717, 1.165) is 13.1 Å². The number of aliphatic hydroxyl groups excluding tert-OH is 1. The lowest BCUT2D eigenvalue weighted by molar-refractivity contribution is -0.163. The molecular weight excluding hydrogens is 384 g/mol. The van der Waals surface area contributed by atoms with Gasteiger partial charge in [-0.1, -0.05) is 6.92 Å². The molecular formula is C18H26N4O5S. The number of carbonyl (C=O) groups is 3. The highest BCUT2D eigenvalue weighted by Gasteiger charge is 2.60. The van der Waals surface area contributed by atoms with Gasteiger partial charge in [0.05, 0.1) is 30.1 Å². The van der Waals surface area contributed by atoms with Crippen LogP contribution in [0.3, 0.4) is 0 Å². The number of rotatable bonds is 6. The van der Waals surface area contributed by atoms with E-state index in [-0.39, 0.29) is 46.8 Å². The molecule has 4 aliphatic rings. The fraction of sp³-hybridized carbons (Fsp3) is 0.722. The number of aliphatic hydroxyl groups is 1. The summed E-state index contributed by atoms with van der Waals surface area (Å²) in [6.07, 6.45) is -0.198. The molecule has 0 aromatic carbocycles. The first-order chi connectivity index (χ1) is 13.3. The van der Waals surface area contributed by atoms with Crippen molar-refractivity contribution < 1.29 is 24.6 Å². The van der Waals surface area contributed by atoms with Gasteiger partial charge >= 0.3 is 5.97 Å². The molecule has 0 aliphatic carbocycles. The van der Waals surface area contributed by atoms with Gasteiger partial charge in [0.1, 0.15) is 5.70 Å². The van der Waals surface area contributed by atoms with Crippen molar-refractivity contribution in [3.05, 3.63) is 10.6 Å². The molecule has 0 spiro atoms. The lowest BCUT2D eigenvalue weighted by atomic mass is 9.79. The smallest absolute Gasteiger partial charge is 0.353 e.